The number of carbonyl (C=O) groups is 1. The fraction of sp³-hybridized carbons (Fsp3) is 0.190. The number of rotatable bonds is 6. The lowest BCUT2D eigenvalue weighted by Crippen LogP contribution is -2.15. The van der Waals surface area contributed by atoms with Gasteiger partial charge in [0.1, 0.15) is 19.0 Å². The van der Waals surface area contributed by atoms with Crippen LogP contribution >= 0.6 is 0 Å². The molecule has 4 rings (SSSR count). The van der Waals surface area contributed by atoms with E-state index in [4.69, 9.17) is 14.2 Å². The Bertz CT molecular complexity index is 1010. The maximum atomic E-state index is 11.7. The topological polar surface area (TPSA) is 94.6 Å². The number of nitrogens with zero attached hydrogens (tertiary/aromatic N) is 2. The van der Waals surface area contributed by atoms with Crippen molar-refractivity contribution in [2.45, 2.75) is 6.92 Å². The molecule has 0 saturated heterocycles. The van der Waals surface area contributed by atoms with Gasteiger partial charge in [0.05, 0.1) is 12.2 Å². The van der Waals surface area contributed by atoms with E-state index in [-0.39, 0.29) is 5.97 Å². The van der Waals surface area contributed by atoms with Crippen LogP contribution in [-0.2, 0) is 4.74 Å². The molecular formula is C21H20N4O4. The predicted octanol–water partition coefficient (Wildman–Crippen LogP) is 3.91. The van der Waals surface area contributed by atoms with Crippen molar-refractivity contribution < 1.29 is 19.0 Å². The largest absolute Gasteiger partial charge is 0.486 e. The summed E-state index contributed by atoms with van der Waals surface area (Å²) in [6.07, 6.45) is 1.66. The van der Waals surface area contributed by atoms with Crippen molar-refractivity contribution in [2.24, 2.45) is 0 Å². The molecule has 3 aromatic rings. The van der Waals surface area contributed by atoms with Crippen LogP contribution < -0.4 is 20.1 Å². The highest BCUT2D eigenvalue weighted by Gasteiger charge is 2.12. The van der Waals surface area contributed by atoms with Crippen molar-refractivity contribution in [1.82, 2.24) is 9.97 Å². The third-order valence-corrected chi connectivity index (χ3v) is 4.12. The van der Waals surface area contributed by atoms with Crippen molar-refractivity contribution in [3.05, 3.63) is 60.3 Å². The minimum atomic E-state index is -0.341. The molecule has 2 N–H and O–H groups in total. The first kappa shape index (κ1) is 18.5. The number of ether oxygens (including phenoxy) is 3. The quantitative estimate of drug-likeness (QED) is 0.610. The summed E-state index contributed by atoms with van der Waals surface area (Å²) in [5.41, 5.74) is 2.09. The molecule has 0 saturated carbocycles. The minimum Gasteiger partial charge on any atom is -0.486 e. The molecular weight excluding hydrogens is 372 g/mol. The SMILES string of the molecule is CCOC(=O)c1ccc(Nc2ccnc(Nc3ccc4c(c3)OCCO4)n2)cc1. The number of hydrogen-bond acceptors (Lipinski definition) is 8. The van der Waals surface area contributed by atoms with Gasteiger partial charge in [-0.1, -0.05) is 0 Å². The first-order valence-corrected chi connectivity index (χ1v) is 9.25. The van der Waals surface area contributed by atoms with E-state index in [1.807, 2.05) is 18.2 Å². The van der Waals surface area contributed by atoms with Crippen molar-refractivity contribution in [3.8, 4) is 11.5 Å². The second-order valence-electron chi connectivity index (χ2n) is 6.17. The molecule has 8 nitrogen and oxygen atoms in total. The summed E-state index contributed by atoms with van der Waals surface area (Å²) in [4.78, 5) is 20.4. The number of fused-ring (bicyclic) bond motifs is 1. The maximum absolute atomic E-state index is 11.7. The van der Waals surface area contributed by atoms with E-state index in [2.05, 4.69) is 20.6 Å². The first-order chi connectivity index (χ1) is 14.2. The molecule has 2 heterocycles. The summed E-state index contributed by atoms with van der Waals surface area (Å²) in [5, 5.41) is 6.35. The van der Waals surface area contributed by atoms with Gasteiger partial charge in [0, 0.05) is 23.6 Å². The van der Waals surface area contributed by atoms with Crippen LogP contribution in [0.2, 0.25) is 0 Å². The molecule has 0 amide bonds. The molecule has 1 aliphatic heterocycles. The van der Waals surface area contributed by atoms with Crippen molar-refractivity contribution in [2.75, 3.05) is 30.5 Å². The van der Waals surface area contributed by atoms with Crippen LogP contribution in [0.4, 0.5) is 23.1 Å². The van der Waals surface area contributed by atoms with Gasteiger partial charge in [-0.3, -0.25) is 0 Å². The zero-order chi connectivity index (χ0) is 20.1. The third kappa shape index (κ3) is 4.55. The normalized spacial score (nSPS) is 12.2. The zero-order valence-corrected chi connectivity index (χ0v) is 15.8. The van der Waals surface area contributed by atoms with Gasteiger partial charge >= 0.3 is 5.97 Å². The van der Waals surface area contributed by atoms with Gasteiger partial charge in [0.2, 0.25) is 5.95 Å². The molecule has 0 bridgehead atoms. The van der Waals surface area contributed by atoms with Crippen LogP contribution in [0.5, 0.6) is 11.5 Å². The van der Waals surface area contributed by atoms with E-state index < -0.39 is 0 Å². The molecule has 0 aliphatic carbocycles. The zero-order valence-electron chi connectivity index (χ0n) is 15.8. The number of esters is 1. The summed E-state index contributed by atoms with van der Waals surface area (Å²) in [5.74, 6) is 2.13. The number of carbonyl (C=O) groups excluding carboxylic acids is 1. The fourth-order valence-electron chi connectivity index (χ4n) is 2.79. The van der Waals surface area contributed by atoms with E-state index in [0.29, 0.717) is 42.9 Å². The Balaban J connectivity index is 1.44. The summed E-state index contributed by atoms with van der Waals surface area (Å²) in [7, 11) is 0. The molecule has 0 atom stereocenters. The molecule has 8 heteroatoms. The monoisotopic (exact) mass is 392 g/mol. The van der Waals surface area contributed by atoms with Gasteiger partial charge in [0.25, 0.3) is 0 Å². The van der Waals surface area contributed by atoms with Crippen molar-refractivity contribution in [1.29, 1.82) is 0 Å². The van der Waals surface area contributed by atoms with Crippen LogP contribution in [-0.4, -0.2) is 35.8 Å². The lowest BCUT2D eigenvalue weighted by molar-refractivity contribution is 0.0526. The van der Waals surface area contributed by atoms with E-state index in [9.17, 15) is 4.79 Å². The molecule has 0 radical (unpaired) electrons. The highest BCUT2D eigenvalue weighted by atomic mass is 16.6. The fourth-order valence-corrected chi connectivity index (χ4v) is 2.79. The van der Waals surface area contributed by atoms with Crippen LogP contribution in [0.25, 0.3) is 0 Å². The molecule has 1 aliphatic rings. The van der Waals surface area contributed by atoms with E-state index in [1.54, 1.807) is 43.5 Å². The van der Waals surface area contributed by atoms with Gasteiger partial charge in [0.15, 0.2) is 11.5 Å². The Hall–Kier alpha value is -3.81. The van der Waals surface area contributed by atoms with E-state index >= 15 is 0 Å². The molecule has 0 spiro atoms. The average molecular weight is 392 g/mol. The van der Waals surface area contributed by atoms with Crippen LogP contribution in [0.15, 0.2) is 54.7 Å². The van der Waals surface area contributed by atoms with Crippen LogP contribution in [0.3, 0.4) is 0 Å². The maximum Gasteiger partial charge on any atom is 0.338 e. The Morgan fingerprint density at radius 2 is 1.76 bits per heavy atom. The Labute approximate surface area is 167 Å². The van der Waals surface area contributed by atoms with E-state index in [0.717, 1.165) is 17.1 Å². The van der Waals surface area contributed by atoms with Crippen LogP contribution in [0.1, 0.15) is 17.3 Å². The highest BCUT2D eigenvalue weighted by Crippen LogP contribution is 2.33. The van der Waals surface area contributed by atoms with Crippen LogP contribution in [0, 0.1) is 0 Å². The molecule has 0 fully saturated rings. The average Bonchev–Trinajstić information content (AvgIpc) is 2.75. The molecule has 148 valence electrons. The standard InChI is InChI=1S/C21H20N4O4/c1-2-27-20(26)14-3-5-15(6-4-14)23-19-9-10-22-21(25-19)24-16-7-8-17-18(13-16)29-12-11-28-17/h3-10,13H,2,11-12H2,1H3,(H2,22,23,24,25). The predicted molar refractivity (Wildman–Crippen MR) is 108 cm³/mol. The summed E-state index contributed by atoms with van der Waals surface area (Å²) >= 11 is 0. The molecule has 0 unspecified atom stereocenters. The number of benzene rings is 2. The number of aromatic nitrogens is 2. The highest BCUT2D eigenvalue weighted by molar-refractivity contribution is 5.89. The van der Waals surface area contributed by atoms with Gasteiger partial charge in [-0.2, -0.15) is 4.98 Å². The second-order valence-corrected chi connectivity index (χ2v) is 6.17. The smallest absolute Gasteiger partial charge is 0.338 e. The summed E-state index contributed by atoms with van der Waals surface area (Å²) < 4.78 is 16.1. The molecule has 2 aromatic carbocycles. The third-order valence-electron chi connectivity index (χ3n) is 4.12. The lowest BCUT2D eigenvalue weighted by Gasteiger charge is -2.19. The summed E-state index contributed by atoms with van der Waals surface area (Å²) in [6.45, 7) is 3.21. The first-order valence-electron chi connectivity index (χ1n) is 9.25. The Kier molecular flexibility index (Phi) is 5.42. The van der Waals surface area contributed by atoms with Crippen molar-refractivity contribution >= 4 is 29.1 Å². The summed E-state index contributed by atoms with van der Waals surface area (Å²) in [6, 6.07) is 14.3. The van der Waals surface area contributed by atoms with Gasteiger partial charge < -0.3 is 24.8 Å². The number of anilines is 4. The van der Waals surface area contributed by atoms with Gasteiger partial charge in [-0.15, -0.1) is 0 Å². The van der Waals surface area contributed by atoms with E-state index in [1.165, 1.54) is 0 Å². The Morgan fingerprint density at radius 3 is 2.55 bits per heavy atom. The second kappa shape index (κ2) is 8.47. The number of nitrogens with one attached hydrogen (secondary N) is 2. The lowest BCUT2D eigenvalue weighted by atomic mass is 10.2. The minimum absolute atomic E-state index is 0.341. The molecule has 29 heavy (non-hydrogen) atoms. The molecule has 1 aromatic heterocycles. The Morgan fingerprint density at radius 1 is 1.00 bits per heavy atom. The van der Waals surface area contributed by atoms with Crippen molar-refractivity contribution in [3.63, 3.8) is 0 Å². The van der Waals surface area contributed by atoms with Gasteiger partial charge in [-0.25, -0.2) is 9.78 Å². The van der Waals surface area contributed by atoms with Gasteiger partial charge in [-0.05, 0) is 49.4 Å². The number of hydrogen-bond donors (Lipinski definition) is 2.